The van der Waals surface area contributed by atoms with Gasteiger partial charge >= 0.3 is 0 Å². The molecule has 5 atom stereocenters. The van der Waals surface area contributed by atoms with E-state index in [1.807, 2.05) is 145 Å². The van der Waals surface area contributed by atoms with Gasteiger partial charge in [-0.1, -0.05) is 152 Å². The third kappa shape index (κ3) is 15.3. The molecule has 16 rings (SSSR count). The van der Waals surface area contributed by atoms with E-state index in [0.717, 1.165) is 143 Å². The quantitative estimate of drug-likeness (QED) is 0.105. The molecule has 22 heteroatoms. The van der Waals surface area contributed by atoms with E-state index < -0.39 is 22.2 Å². The van der Waals surface area contributed by atoms with Crippen LogP contribution < -0.4 is 22.9 Å². The predicted molar refractivity (Wildman–Crippen MR) is 460 cm³/mol. The van der Waals surface area contributed by atoms with Crippen LogP contribution in [0.3, 0.4) is 0 Å². The first-order valence-corrected chi connectivity index (χ1v) is 40.1. The first-order valence-electron chi connectivity index (χ1n) is 39.1. The van der Waals surface area contributed by atoms with Crippen molar-refractivity contribution in [3.8, 4) is 44.5 Å². The summed E-state index contributed by atoms with van der Waals surface area (Å²) < 4.78 is -0.309. The third-order valence-electron chi connectivity index (χ3n) is 26.3. The minimum Gasteiger partial charge on any atom is -0.369 e. The normalized spacial score (nSPS) is 24.5. The highest BCUT2D eigenvalue weighted by atomic mass is 32.2. The van der Waals surface area contributed by atoms with Crippen LogP contribution in [0.1, 0.15) is 133 Å². The summed E-state index contributed by atoms with van der Waals surface area (Å²) in [5.74, 6) is 2.20. The van der Waals surface area contributed by atoms with Crippen molar-refractivity contribution in [1.82, 2.24) is 24.5 Å². The highest BCUT2D eigenvalue weighted by Gasteiger charge is 2.62. The van der Waals surface area contributed by atoms with Gasteiger partial charge in [0.15, 0.2) is 46.6 Å². The van der Waals surface area contributed by atoms with E-state index in [0.29, 0.717) is 48.4 Å². The van der Waals surface area contributed by atoms with Gasteiger partial charge in [0, 0.05) is 70.1 Å². The van der Waals surface area contributed by atoms with Gasteiger partial charge in [-0.15, -0.1) is 0 Å². The van der Waals surface area contributed by atoms with E-state index in [2.05, 4.69) is 114 Å². The average Bonchev–Trinajstić information content (AvgIpc) is 1.65. The minimum atomic E-state index is -0.633. The Kier molecular flexibility index (Phi) is 22.5. The average molecular weight is 1550 g/mol. The first kappa shape index (κ1) is 80.8. The number of carbonyl (C=O) groups is 4. The summed E-state index contributed by atoms with van der Waals surface area (Å²) in [6.45, 7) is 39.4. The molecule has 6 aliphatic heterocycles. The van der Waals surface area contributed by atoms with Crippen molar-refractivity contribution in [3.63, 3.8) is 0 Å². The summed E-state index contributed by atoms with van der Waals surface area (Å²) >= 11 is 1.85. The fourth-order valence-electron chi connectivity index (χ4n) is 17.9. The summed E-state index contributed by atoms with van der Waals surface area (Å²) in [7, 11) is 8.92. The van der Waals surface area contributed by atoms with Gasteiger partial charge in [0.25, 0.3) is 0 Å². The molecule has 8 N–H and O–H groups in total. The van der Waals surface area contributed by atoms with Crippen LogP contribution in [0.15, 0.2) is 214 Å². The Balaban J connectivity index is 0.000000134. The number of amides is 4. The molecule has 2 saturated carbocycles. The van der Waals surface area contributed by atoms with Crippen LogP contribution in [-0.4, -0.2) is 131 Å². The number of hydrogen-bond acceptors (Lipinski definition) is 14. The number of guanidine groups is 4. The Hall–Kier alpha value is -12.2. The number of nitrogens with zero attached hydrogens (tertiary/aromatic N) is 13. The monoisotopic (exact) mass is 1550 g/mol. The van der Waals surface area contributed by atoms with Gasteiger partial charge < -0.3 is 27.8 Å². The lowest BCUT2D eigenvalue weighted by atomic mass is 9.54. The van der Waals surface area contributed by atoms with Crippen molar-refractivity contribution in [3.05, 3.63) is 262 Å². The molecule has 8 aromatic rings. The van der Waals surface area contributed by atoms with Crippen molar-refractivity contribution in [2.75, 3.05) is 54.1 Å². The molecule has 4 amide bonds. The second kappa shape index (κ2) is 32.0. The molecule has 0 radical (unpaired) electrons. The molecule has 6 heterocycles. The molecule has 4 spiro atoms. The van der Waals surface area contributed by atoms with Crippen molar-refractivity contribution in [1.29, 1.82) is 0 Å². The molecule has 8 aliphatic rings. The number of thioether (sulfide) groups is 1. The van der Waals surface area contributed by atoms with E-state index in [1.54, 1.807) is 34.3 Å². The second-order valence-electron chi connectivity index (χ2n) is 32.6. The molecular weight excluding hydrogens is 1450 g/mol. The Labute approximate surface area is 679 Å². The molecule has 8 aromatic carbocycles. The van der Waals surface area contributed by atoms with Gasteiger partial charge in [-0.3, -0.25) is 38.8 Å². The van der Waals surface area contributed by atoms with Gasteiger partial charge in [0.05, 0.1) is 47.7 Å². The predicted octanol–water partition coefficient (Wildman–Crippen LogP) is 17.1. The van der Waals surface area contributed by atoms with Crippen molar-refractivity contribution < 1.29 is 19.2 Å². The maximum atomic E-state index is 13.0. The fraction of sp³-hybridized carbons (Fsp3) is 0.355. The first-order chi connectivity index (χ1) is 54.9. The van der Waals surface area contributed by atoms with Crippen LogP contribution in [0.2, 0.25) is 0 Å². The minimum absolute atomic E-state index is 0.0188. The highest BCUT2D eigenvalue weighted by Crippen LogP contribution is 2.64. The topological polar surface area (TPSA) is 255 Å². The van der Waals surface area contributed by atoms with Gasteiger partial charge in [-0.05, 0) is 220 Å². The fourth-order valence-corrected chi connectivity index (χ4v) is 19.6. The van der Waals surface area contributed by atoms with E-state index in [4.69, 9.17) is 69.2 Å². The van der Waals surface area contributed by atoms with Crippen LogP contribution in [-0.2, 0) is 41.3 Å². The van der Waals surface area contributed by atoms with Gasteiger partial charge in [0.2, 0.25) is 23.6 Å². The van der Waals surface area contributed by atoms with E-state index in [9.17, 15) is 19.2 Å². The zero-order chi connectivity index (χ0) is 82.0. The summed E-state index contributed by atoms with van der Waals surface area (Å²) in [5, 5.41) is 0. The number of likely N-dealkylation sites (tertiary alicyclic amines) is 1. The van der Waals surface area contributed by atoms with Gasteiger partial charge in [-0.25, -0.2) is 39.3 Å². The van der Waals surface area contributed by atoms with Crippen LogP contribution in [0.25, 0.3) is 63.9 Å². The van der Waals surface area contributed by atoms with Crippen LogP contribution >= 0.6 is 11.8 Å². The number of benzene rings is 8. The van der Waals surface area contributed by atoms with Crippen molar-refractivity contribution in [2.24, 2.45) is 59.1 Å². The summed E-state index contributed by atoms with van der Waals surface area (Å²) in [5.41, 5.74) is 36.6. The molecule has 4 fully saturated rings. The molecule has 115 heavy (non-hydrogen) atoms. The number of hydrogen-bond donors (Lipinski definition) is 4. The summed E-state index contributed by atoms with van der Waals surface area (Å²) in [6.07, 6.45) is 10.5. The highest BCUT2D eigenvalue weighted by molar-refractivity contribution is 8.01. The Morgan fingerprint density at radius 1 is 0.330 bits per heavy atom. The van der Waals surface area contributed by atoms with Crippen LogP contribution in [0.5, 0.6) is 0 Å². The Morgan fingerprint density at radius 3 is 0.861 bits per heavy atom. The number of aliphatic imine (C=N–C) groups is 4. The lowest BCUT2D eigenvalue weighted by molar-refractivity contribution is -0.132. The van der Waals surface area contributed by atoms with Gasteiger partial charge in [-0.2, -0.15) is 11.8 Å². The Bertz CT molecular complexity index is 5460. The number of piperidine rings is 1. The molecule has 586 valence electrons. The Morgan fingerprint density at radius 2 is 0.591 bits per heavy atom. The maximum absolute atomic E-state index is 13.0. The standard InChI is InChI=1S/C25H29N5O.C23H24N4OS.C23H24N4O.C22H22N4O/c1-24(20-9-5-7-18(15-20)19-8-6-10-21(16-19)27-2)25(11-13-29(3)14-12-25)17-22(31)30(4)23(26)28-24;1-22(23(11-6-12-29-23)15-20(28)27(3)21(24)26-22)18-9-4-7-16(13-18)17-8-5-10-19(14-17)25-2;1-22(23(11-6-12-23)15-20(28)27(3)21(24)26-22)18-9-4-7-16(13-18)17-8-5-10-19(14-17)25-2;1-21(22(10-11-22)14-19(27)26(3)20(23)25-21)17-8-4-6-15(12-17)16-7-5-9-18(13-16)24-2/h5-10,15-16H,11-14,17H2,1,3-4H3,(H2,26,28);4-5,7-10,13-14H,6,11-12,15H2,1,3H3,(H2,24,26);4-5,7-10,13-14H,6,11-12,15H2,1,3H3,(H2,24,26);4-9,12-13H,10-11,14H2,1,3H3,(H2,23,25). The summed E-state index contributed by atoms with van der Waals surface area (Å²) in [4.78, 5) is 93.0. The number of rotatable bonds is 8. The maximum Gasteiger partial charge on any atom is 0.230 e. The molecule has 2 aliphatic carbocycles. The largest absolute Gasteiger partial charge is 0.369 e. The second-order valence-corrected chi connectivity index (χ2v) is 34.1. The zero-order valence-corrected chi connectivity index (χ0v) is 67.8. The van der Waals surface area contributed by atoms with Crippen LogP contribution in [0, 0.1) is 42.5 Å². The molecule has 21 nitrogen and oxygen atoms in total. The molecular formula is C93H99N17O4S. The van der Waals surface area contributed by atoms with Crippen LogP contribution in [0.4, 0.5) is 22.7 Å². The van der Waals surface area contributed by atoms with E-state index in [-0.39, 0.29) is 68.5 Å². The molecule has 0 aromatic heterocycles. The van der Waals surface area contributed by atoms with E-state index in [1.165, 1.54) is 19.6 Å². The smallest absolute Gasteiger partial charge is 0.230 e. The number of nitrogens with two attached hydrogens (primary N) is 4. The van der Waals surface area contributed by atoms with E-state index >= 15 is 0 Å². The van der Waals surface area contributed by atoms with Crippen molar-refractivity contribution in [2.45, 2.75) is 138 Å². The number of carbonyl (C=O) groups excluding carboxylic acids is 4. The lowest BCUT2D eigenvalue weighted by Gasteiger charge is -2.51. The summed E-state index contributed by atoms with van der Waals surface area (Å²) in [6, 6.07) is 63.6. The molecule has 5 unspecified atom stereocenters. The third-order valence-corrected chi connectivity index (χ3v) is 28.1. The molecule has 0 bridgehead atoms. The van der Waals surface area contributed by atoms with Gasteiger partial charge in [0.1, 0.15) is 5.54 Å². The zero-order valence-electron chi connectivity index (χ0n) is 67.0. The lowest BCUT2D eigenvalue weighted by Crippen LogP contribution is -2.50. The molecule has 2 saturated heterocycles. The SMILES string of the molecule is [C-]#[N+]c1cccc(-c2cccc(C3(C)N=C(N)N(C)C(=O)CC34CC4)c2)c1.[C-]#[N+]c1cccc(-c2cccc(C3(C)N=C(N)N(C)C(=O)CC34CCC4)c2)c1.[C-]#[N+]c1cccc(-c2cccc(C3(C)N=C(N)N(C)C(=O)CC34CCCS4)c2)c1.[C-]#[N+]c1cccc(-c2cccc(C3(C)N=C(N)N(C)C(=O)CC34CCN(C)CC4)c2)c1. The van der Waals surface area contributed by atoms with Crippen molar-refractivity contribution >= 4 is 82.0 Å².